The van der Waals surface area contributed by atoms with Crippen molar-refractivity contribution in [2.45, 2.75) is 33.4 Å². The minimum Gasteiger partial charge on any atom is -0.457 e. The molecular formula is C16H19ClN2O. The van der Waals surface area contributed by atoms with Crippen LogP contribution in [0.5, 0.6) is 11.5 Å². The third-order valence-electron chi connectivity index (χ3n) is 2.93. The molecule has 1 N–H and O–H groups in total. The van der Waals surface area contributed by atoms with Gasteiger partial charge in [0.05, 0.1) is 0 Å². The number of ether oxygens (including phenoxy) is 1. The lowest BCUT2D eigenvalue weighted by atomic mass is 10.2. The predicted octanol–water partition coefficient (Wildman–Crippen LogP) is 4.33. The Hall–Kier alpha value is -1.58. The summed E-state index contributed by atoms with van der Waals surface area (Å²) in [7, 11) is 0. The van der Waals surface area contributed by atoms with Gasteiger partial charge in [0.15, 0.2) is 0 Å². The second-order valence-corrected chi connectivity index (χ2v) is 5.47. The van der Waals surface area contributed by atoms with Crippen LogP contribution in [0.1, 0.15) is 25.0 Å². The van der Waals surface area contributed by atoms with Crippen molar-refractivity contribution in [2.24, 2.45) is 0 Å². The lowest BCUT2D eigenvalue weighted by molar-refractivity contribution is 0.465. The quantitative estimate of drug-likeness (QED) is 0.890. The summed E-state index contributed by atoms with van der Waals surface area (Å²) in [6, 6.07) is 7.92. The van der Waals surface area contributed by atoms with Gasteiger partial charge in [0.25, 0.3) is 0 Å². The second kappa shape index (κ2) is 6.73. The molecule has 0 spiro atoms. The molecule has 20 heavy (non-hydrogen) atoms. The molecule has 4 heteroatoms. The van der Waals surface area contributed by atoms with Crippen LogP contribution in [0.15, 0.2) is 36.7 Å². The molecule has 0 aliphatic rings. The van der Waals surface area contributed by atoms with Crippen LogP contribution in [0.3, 0.4) is 0 Å². The number of hydrogen-bond acceptors (Lipinski definition) is 3. The summed E-state index contributed by atoms with van der Waals surface area (Å²) in [6.45, 7) is 6.94. The van der Waals surface area contributed by atoms with Crippen molar-refractivity contribution in [1.82, 2.24) is 10.3 Å². The Balaban J connectivity index is 2.22. The van der Waals surface area contributed by atoms with Gasteiger partial charge in [-0.05, 0) is 30.7 Å². The molecule has 3 nitrogen and oxygen atoms in total. The normalized spacial score (nSPS) is 10.8. The number of aryl methyl sites for hydroxylation is 1. The summed E-state index contributed by atoms with van der Waals surface area (Å²) in [5.74, 6) is 1.58. The molecule has 1 aromatic carbocycles. The third-order valence-corrected chi connectivity index (χ3v) is 3.16. The van der Waals surface area contributed by atoms with E-state index in [1.54, 1.807) is 6.20 Å². The fraction of sp³-hybridized carbons (Fsp3) is 0.312. The highest BCUT2D eigenvalue weighted by atomic mass is 35.5. The first-order valence-electron chi connectivity index (χ1n) is 6.66. The monoisotopic (exact) mass is 290 g/mol. The molecule has 0 aliphatic heterocycles. The number of pyridine rings is 1. The van der Waals surface area contributed by atoms with E-state index >= 15 is 0 Å². The molecule has 0 bridgehead atoms. The average Bonchev–Trinajstić information content (AvgIpc) is 2.42. The van der Waals surface area contributed by atoms with Gasteiger partial charge >= 0.3 is 0 Å². The van der Waals surface area contributed by atoms with Crippen molar-refractivity contribution in [1.29, 1.82) is 0 Å². The first-order valence-corrected chi connectivity index (χ1v) is 7.04. The van der Waals surface area contributed by atoms with Crippen molar-refractivity contribution in [3.63, 3.8) is 0 Å². The fourth-order valence-corrected chi connectivity index (χ4v) is 1.93. The number of nitrogens with one attached hydrogen (secondary N) is 1. The van der Waals surface area contributed by atoms with Gasteiger partial charge in [-0.2, -0.15) is 0 Å². The van der Waals surface area contributed by atoms with Crippen molar-refractivity contribution in [3.8, 4) is 11.5 Å². The molecule has 0 radical (unpaired) electrons. The van der Waals surface area contributed by atoms with Crippen molar-refractivity contribution in [2.75, 3.05) is 0 Å². The maximum Gasteiger partial charge on any atom is 0.135 e. The lowest BCUT2D eigenvalue weighted by Crippen LogP contribution is -2.22. The Labute approximate surface area is 124 Å². The Morgan fingerprint density at radius 1 is 1.25 bits per heavy atom. The van der Waals surface area contributed by atoms with Gasteiger partial charge in [-0.1, -0.05) is 31.5 Å². The van der Waals surface area contributed by atoms with E-state index in [-0.39, 0.29) is 0 Å². The standard InChI is InChI=1S/C16H19ClN2O/c1-11(2)19-10-13-9-18-7-6-15(13)20-16-8-14(17)5-4-12(16)3/h4-9,11,19H,10H2,1-3H3. The molecule has 1 heterocycles. The predicted molar refractivity (Wildman–Crippen MR) is 82.5 cm³/mol. The van der Waals surface area contributed by atoms with Gasteiger partial charge in [0, 0.05) is 35.6 Å². The molecule has 0 atom stereocenters. The molecular weight excluding hydrogens is 272 g/mol. The number of nitrogens with zero attached hydrogens (tertiary/aromatic N) is 1. The molecule has 106 valence electrons. The average molecular weight is 291 g/mol. The van der Waals surface area contributed by atoms with E-state index < -0.39 is 0 Å². The molecule has 0 unspecified atom stereocenters. The number of benzene rings is 1. The molecule has 0 aliphatic carbocycles. The van der Waals surface area contributed by atoms with Crippen LogP contribution in [-0.4, -0.2) is 11.0 Å². The highest BCUT2D eigenvalue weighted by molar-refractivity contribution is 6.30. The van der Waals surface area contributed by atoms with Crippen LogP contribution < -0.4 is 10.1 Å². The van der Waals surface area contributed by atoms with E-state index in [0.29, 0.717) is 11.1 Å². The number of rotatable bonds is 5. The Morgan fingerprint density at radius 3 is 2.80 bits per heavy atom. The Kier molecular flexibility index (Phi) is 4.99. The first-order chi connectivity index (χ1) is 9.56. The summed E-state index contributed by atoms with van der Waals surface area (Å²) in [5, 5.41) is 4.04. The van der Waals surface area contributed by atoms with Crippen LogP contribution in [0, 0.1) is 6.92 Å². The van der Waals surface area contributed by atoms with Crippen LogP contribution in [0.4, 0.5) is 0 Å². The Morgan fingerprint density at radius 2 is 2.05 bits per heavy atom. The molecule has 0 saturated carbocycles. The zero-order valence-corrected chi connectivity index (χ0v) is 12.7. The molecule has 1 aromatic heterocycles. The van der Waals surface area contributed by atoms with E-state index in [1.165, 1.54) is 0 Å². The SMILES string of the molecule is Cc1ccc(Cl)cc1Oc1ccncc1CNC(C)C. The van der Waals surface area contributed by atoms with E-state index in [4.69, 9.17) is 16.3 Å². The Bertz CT molecular complexity index is 584. The fourth-order valence-electron chi connectivity index (χ4n) is 1.76. The van der Waals surface area contributed by atoms with E-state index in [0.717, 1.165) is 29.2 Å². The van der Waals surface area contributed by atoms with Crippen LogP contribution in [0.25, 0.3) is 0 Å². The van der Waals surface area contributed by atoms with Crippen LogP contribution in [0.2, 0.25) is 5.02 Å². The number of hydrogen-bond donors (Lipinski definition) is 1. The molecule has 2 aromatic rings. The minimum atomic E-state index is 0.413. The van der Waals surface area contributed by atoms with Crippen molar-refractivity contribution < 1.29 is 4.74 Å². The van der Waals surface area contributed by atoms with E-state index in [1.807, 2.05) is 37.4 Å². The smallest absolute Gasteiger partial charge is 0.135 e. The topological polar surface area (TPSA) is 34.1 Å². The highest BCUT2D eigenvalue weighted by Gasteiger charge is 2.08. The van der Waals surface area contributed by atoms with Gasteiger partial charge in [-0.3, -0.25) is 4.98 Å². The van der Waals surface area contributed by atoms with Gasteiger partial charge in [0.2, 0.25) is 0 Å². The van der Waals surface area contributed by atoms with Gasteiger partial charge in [0.1, 0.15) is 11.5 Å². The van der Waals surface area contributed by atoms with Gasteiger partial charge < -0.3 is 10.1 Å². The largest absolute Gasteiger partial charge is 0.457 e. The maximum atomic E-state index is 6.02. The van der Waals surface area contributed by atoms with Crippen molar-refractivity contribution in [3.05, 3.63) is 52.8 Å². The van der Waals surface area contributed by atoms with Crippen molar-refractivity contribution >= 4 is 11.6 Å². The summed E-state index contributed by atoms with van der Waals surface area (Å²) in [5.41, 5.74) is 2.08. The summed E-state index contributed by atoms with van der Waals surface area (Å²) in [6.07, 6.45) is 3.55. The second-order valence-electron chi connectivity index (χ2n) is 5.03. The zero-order valence-electron chi connectivity index (χ0n) is 12.0. The van der Waals surface area contributed by atoms with E-state index in [2.05, 4.69) is 24.1 Å². The maximum absolute atomic E-state index is 6.02. The highest BCUT2D eigenvalue weighted by Crippen LogP contribution is 2.29. The molecule has 0 amide bonds. The minimum absolute atomic E-state index is 0.413. The number of halogens is 1. The zero-order chi connectivity index (χ0) is 14.5. The summed E-state index contributed by atoms with van der Waals surface area (Å²) < 4.78 is 5.99. The van der Waals surface area contributed by atoms with Crippen LogP contribution >= 0.6 is 11.6 Å². The molecule has 0 fully saturated rings. The van der Waals surface area contributed by atoms with E-state index in [9.17, 15) is 0 Å². The molecule has 2 rings (SSSR count). The van der Waals surface area contributed by atoms with Crippen LogP contribution in [-0.2, 0) is 6.54 Å². The summed E-state index contributed by atoms with van der Waals surface area (Å²) in [4.78, 5) is 4.16. The summed E-state index contributed by atoms with van der Waals surface area (Å²) >= 11 is 6.02. The van der Waals surface area contributed by atoms with Gasteiger partial charge in [-0.25, -0.2) is 0 Å². The molecule has 0 saturated heterocycles. The number of aromatic nitrogens is 1. The van der Waals surface area contributed by atoms with Gasteiger partial charge in [-0.15, -0.1) is 0 Å². The lowest BCUT2D eigenvalue weighted by Gasteiger charge is -2.14. The first kappa shape index (κ1) is 14.8. The third kappa shape index (κ3) is 3.95.